The van der Waals surface area contributed by atoms with E-state index >= 15 is 0 Å². The molecule has 1 aromatic rings. The second-order valence-corrected chi connectivity index (χ2v) is 32.0. The number of rotatable bonds is 4. The Bertz CT molecular complexity index is 681. The molecule has 0 saturated carbocycles. The van der Waals surface area contributed by atoms with Crippen molar-refractivity contribution in [2.45, 2.75) is 52.6 Å². The normalized spacial score (nSPS) is 14.7. The summed E-state index contributed by atoms with van der Waals surface area (Å²) in [4.78, 5) is 17.6. The fraction of sp³-hybridized carbons (Fsp3) is 0.471. The molecule has 1 aromatic carbocycles. The van der Waals surface area contributed by atoms with Crippen molar-refractivity contribution in [3.8, 4) is 0 Å². The molecule has 23 heavy (non-hydrogen) atoms. The lowest BCUT2D eigenvalue weighted by molar-refractivity contribution is 0.0975. The minimum absolute atomic E-state index is 0.146. The van der Waals surface area contributed by atoms with E-state index in [0.29, 0.717) is 17.5 Å². The Kier molecular flexibility index (Phi) is 4.90. The third kappa shape index (κ3) is 3.29. The van der Waals surface area contributed by atoms with E-state index in [-0.39, 0.29) is 11.7 Å². The van der Waals surface area contributed by atoms with Crippen LogP contribution in [0.25, 0.3) is 6.08 Å². The summed E-state index contributed by atoms with van der Waals surface area (Å²) in [5.74, 6) is -0.365. The summed E-state index contributed by atoms with van der Waals surface area (Å²) in [6.45, 7) is 15.9. The number of carbonyl (C=O) groups excluding carboxylic acids is 1. The summed E-state index contributed by atoms with van der Waals surface area (Å²) in [7, 11) is -3.89. The van der Waals surface area contributed by atoms with Crippen LogP contribution in [-0.2, 0) is 6.42 Å². The number of hydrogen-bond acceptors (Lipinski definition) is 1. The molecule has 6 heteroatoms. The zero-order valence-corrected chi connectivity index (χ0v) is 18.2. The number of amides is 1. The Morgan fingerprint density at radius 2 is 1.83 bits per heavy atom. The zero-order chi connectivity index (χ0) is 17.6. The predicted octanol–water partition coefficient (Wildman–Crippen LogP) is 4.35. The number of nitrogens with zero attached hydrogens (tertiary/aromatic N) is 1. The topological polar surface area (TPSA) is 31.2 Å². The van der Waals surface area contributed by atoms with E-state index in [0.717, 1.165) is 11.1 Å². The quantitative estimate of drug-likeness (QED) is 0.732. The maximum atomic E-state index is 14.0. The van der Waals surface area contributed by atoms with E-state index < -0.39 is 23.2 Å². The highest BCUT2D eigenvalue weighted by molar-refractivity contribution is 7.63. The molecule has 0 fully saturated rings. The maximum Gasteiger partial charge on any atom is 0.263 e. The van der Waals surface area contributed by atoms with E-state index in [4.69, 9.17) is 4.98 Å². The average molecular weight is 364 g/mol. The molecule has 2 nitrogen and oxygen atoms in total. The van der Waals surface area contributed by atoms with Gasteiger partial charge in [-0.1, -0.05) is 50.9 Å². The lowest BCUT2D eigenvalue weighted by Gasteiger charge is -2.39. The predicted molar refractivity (Wildman–Crippen MR) is 103 cm³/mol. The van der Waals surface area contributed by atoms with E-state index in [1.165, 1.54) is 6.07 Å². The Labute approximate surface area is 142 Å². The third-order valence-electron chi connectivity index (χ3n) is 5.54. The molecule has 2 rings (SSSR count). The second-order valence-electron chi connectivity index (χ2n) is 7.76. The van der Waals surface area contributed by atoms with Gasteiger partial charge in [0.15, 0.2) is 7.75 Å². The van der Waals surface area contributed by atoms with Gasteiger partial charge in [-0.25, -0.2) is 4.39 Å². The summed E-state index contributed by atoms with van der Waals surface area (Å²) in [5.41, 5.74) is 3.07. The van der Waals surface area contributed by atoms with Gasteiger partial charge in [-0.05, 0) is 36.6 Å². The number of benzene rings is 1. The molecule has 0 heterocycles. The molecule has 1 aliphatic rings. The number of carbonyl (C=O) groups is 1. The van der Waals surface area contributed by atoms with Crippen LogP contribution in [0.5, 0.6) is 0 Å². The summed E-state index contributed by atoms with van der Waals surface area (Å²) in [6.07, 6.45) is 2.54. The van der Waals surface area contributed by atoms with Gasteiger partial charge in [0.25, 0.3) is 5.91 Å². The second kappa shape index (κ2) is 6.14. The van der Waals surface area contributed by atoms with E-state index in [1.54, 1.807) is 6.07 Å². The molecule has 2 radical (unpaired) electrons. The molecule has 0 spiro atoms. The largest absolute Gasteiger partial charge is 0.290 e. The van der Waals surface area contributed by atoms with Gasteiger partial charge >= 0.3 is 0 Å². The van der Waals surface area contributed by atoms with E-state index in [1.807, 2.05) is 13.0 Å². The molecule has 1 amide bonds. The highest BCUT2D eigenvalue weighted by Crippen LogP contribution is 2.31. The maximum absolute atomic E-state index is 14.0. The minimum Gasteiger partial charge on any atom is -0.290 e. The fourth-order valence-electron chi connectivity index (χ4n) is 2.81. The van der Waals surface area contributed by atoms with Gasteiger partial charge in [-0.2, -0.15) is 0 Å². The van der Waals surface area contributed by atoms with Crippen LogP contribution < -0.4 is 4.98 Å². The number of halogens is 1. The SMILES string of the molecule is CC1=Cc2c(C(=O)[N][Si](C)(C)[Si](C)(C)[Si](C)C)ccc(F)c2C1. The van der Waals surface area contributed by atoms with Crippen LogP contribution in [0.2, 0.25) is 39.3 Å². The molecular weight excluding hydrogens is 337 g/mol. The van der Waals surface area contributed by atoms with Gasteiger partial charge in [0.1, 0.15) is 5.82 Å². The molecule has 1 aliphatic carbocycles. The molecule has 0 N–H and O–H groups in total. The van der Waals surface area contributed by atoms with Crippen LogP contribution in [-0.4, -0.2) is 29.1 Å². The van der Waals surface area contributed by atoms with Crippen molar-refractivity contribution in [1.29, 1.82) is 0 Å². The first-order valence-electron chi connectivity index (χ1n) is 8.04. The standard InChI is InChI=1S/C17H26FNOSi3/c1-12-10-14-13(8-9-16(18)15(14)11-12)17(20)19-22(4,5)23(6,7)21(2)3/h8-10H,11H2,1-7H3. The molecule has 0 saturated heterocycles. The van der Waals surface area contributed by atoms with Crippen LogP contribution in [0.4, 0.5) is 4.39 Å². The van der Waals surface area contributed by atoms with Gasteiger partial charge < -0.3 is 0 Å². The molecule has 0 aliphatic heterocycles. The molecule has 0 atom stereocenters. The Morgan fingerprint density at radius 1 is 1.22 bits per heavy atom. The monoisotopic (exact) mass is 363 g/mol. The van der Waals surface area contributed by atoms with Crippen molar-refractivity contribution in [2.75, 3.05) is 0 Å². The fourth-order valence-corrected chi connectivity index (χ4v) is 21.3. The summed E-state index contributed by atoms with van der Waals surface area (Å²) in [5, 5.41) is 0. The summed E-state index contributed by atoms with van der Waals surface area (Å²) in [6, 6.07) is 3.03. The van der Waals surface area contributed by atoms with Crippen LogP contribution >= 0.6 is 0 Å². The molecule has 0 unspecified atom stereocenters. The van der Waals surface area contributed by atoms with Gasteiger partial charge in [-0.15, -0.1) is 0 Å². The van der Waals surface area contributed by atoms with Gasteiger partial charge in [0.2, 0.25) is 0 Å². The molecule has 0 aromatic heterocycles. The number of hydrogen-bond donors (Lipinski definition) is 0. The van der Waals surface area contributed by atoms with Crippen LogP contribution in [0.1, 0.15) is 28.4 Å². The Hall–Kier alpha value is -0.989. The van der Waals surface area contributed by atoms with Gasteiger partial charge in [-0.3, -0.25) is 9.78 Å². The van der Waals surface area contributed by atoms with Crippen molar-refractivity contribution < 1.29 is 9.18 Å². The minimum atomic E-state index is -1.96. The lowest BCUT2D eigenvalue weighted by atomic mass is 10.0. The highest BCUT2D eigenvalue weighted by Gasteiger charge is 2.47. The van der Waals surface area contributed by atoms with E-state index in [2.05, 4.69) is 39.3 Å². The highest BCUT2D eigenvalue weighted by atomic mass is 29.6. The number of allylic oxidation sites excluding steroid dienone is 1. The third-order valence-corrected chi connectivity index (χ3v) is 38.9. The van der Waals surface area contributed by atoms with Crippen LogP contribution in [0.15, 0.2) is 17.7 Å². The van der Waals surface area contributed by atoms with Gasteiger partial charge in [0.05, 0.1) is 7.11 Å². The molecular formula is C17H26FNOSi3. The first-order valence-corrected chi connectivity index (χ1v) is 18.5. The Balaban J connectivity index is 2.35. The first-order chi connectivity index (χ1) is 10.5. The first kappa shape index (κ1) is 18.4. The van der Waals surface area contributed by atoms with Crippen molar-refractivity contribution in [2.24, 2.45) is 0 Å². The van der Waals surface area contributed by atoms with Gasteiger partial charge in [0, 0.05) is 13.9 Å². The van der Waals surface area contributed by atoms with Crippen molar-refractivity contribution in [3.63, 3.8) is 0 Å². The molecule has 0 bridgehead atoms. The smallest absolute Gasteiger partial charge is 0.263 e. The number of fused-ring (bicyclic) bond motifs is 1. The van der Waals surface area contributed by atoms with Crippen LogP contribution in [0.3, 0.4) is 0 Å². The summed E-state index contributed by atoms with van der Waals surface area (Å²) >= 11 is 0. The van der Waals surface area contributed by atoms with Crippen molar-refractivity contribution in [3.05, 3.63) is 40.2 Å². The zero-order valence-electron chi connectivity index (χ0n) is 15.2. The van der Waals surface area contributed by atoms with E-state index in [9.17, 15) is 9.18 Å². The van der Waals surface area contributed by atoms with Crippen molar-refractivity contribution in [1.82, 2.24) is 4.98 Å². The Morgan fingerprint density at radius 3 is 2.39 bits per heavy atom. The lowest BCUT2D eigenvalue weighted by Crippen LogP contribution is -2.68. The van der Waals surface area contributed by atoms with Crippen LogP contribution in [0, 0.1) is 5.82 Å². The van der Waals surface area contributed by atoms with Crippen molar-refractivity contribution >= 4 is 35.2 Å². The summed E-state index contributed by atoms with van der Waals surface area (Å²) < 4.78 is 14.0. The average Bonchev–Trinajstić information content (AvgIpc) is 2.80. The molecule has 124 valence electrons.